The number of aliphatic hydroxyl groups is 1. The van der Waals surface area contributed by atoms with Crippen LogP contribution in [0.5, 0.6) is 0 Å². The predicted molar refractivity (Wildman–Crippen MR) is 38.8 cm³/mol. The molecule has 1 heterocycles. The number of hydrogen-bond acceptors (Lipinski definition) is 2. The molecule has 1 aliphatic rings. The van der Waals surface area contributed by atoms with Crippen LogP contribution >= 0.6 is 15.9 Å². The van der Waals surface area contributed by atoms with Crippen molar-refractivity contribution < 1.29 is 9.84 Å². The average Bonchev–Trinajstić information content (AvgIpc) is 1.90. The van der Waals surface area contributed by atoms with E-state index >= 15 is 0 Å². The molecule has 1 aliphatic heterocycles. The monoisotopic (exact) mass is 194 g/mol. The minimum absolute atomic E-state index is 0.134. The molecule has 0 aromatic rings. The fraction of sp³-hybridized carbons (Fsp3) is 1.00. The fourth-order valence-electron chi connectivity index (χ4n) is 0.943. The predicted octanol–water partition coefficient (Wildman–Crippen LogP) is 0.923. The molecule has 9 heavy (non-hydrogen) atoms. The van der Waals surface area contributed by atoms with Crippen molar-refractivity contribution in [2.24, 2.45) is 0 Å². The molecule has 1 unspecified atom stereocenters. The first-order chi connectivity index (χ1) is 4.27. The topological polar surface area (TPSA) is 29.5 Å². The van der Waals surface area contributed by atoms with Gasteiger partial charge in [0.25, 0.3) is 0 Å². The summed E-state index contributed by atoms with van der Waals surface area (Å²) in [5.41, 5.74) is 0. The highest BCUT2D eigenvalue weighted by Crippen LogP contribution is 2.27. The molecular formula is C6H11BrO2. The maximum atomic E-state index is 8.82. The van der Waals surface area contributed by atoms with Crippen LogP contribution in [0.15, 0.2) is 0 Å². The average molecular weight is 195 g/mol. The number of aliphatic hydroxyl groups excluding tert-OH is 1. The van der Waals surface area contributed by atoms with Crippen LogP contribution in [0.1, 0.15) is 12.8 Å². The number of halogens is 1. The molecular weight excluding hydrogens is 184 g/mol. The lowest BCUT2D eigenvalue weighted by Crippen LogP contribution is -2.35. The van der Waals surface area contributed by atoms with E-state index in [0.29, 0.717) is 6.61 Å². The van der Waals surface area contributed by atoms with Crippen molar-refractivity contribution >= 4 is 15.9 Å². The molecule has 1 atom stereocenters. The van der Waals surface area contributed by atoms with Gasteiger partial charge in [-0.05, 0) is 12.8 Å². The highest BCUT2D eigenvalue weighted by molar-refractivity contribution is 9.10. The maximum Gasteiger partial charge on any atom is 0.0721 e. The zero-order chi connectivity index (χ0) is 6.74. The second kappa shape index (κ2) is 2.99. The molecule has 0 aliphatic carbocycles. The Morgan fingerprint density at radius 3 is 2.78 bits per heavy atom. The summed E-state index contributed by atoms with van der Waals surface area (Å²) in [5.74, 6) is 0. The third kappa shape index (κ3) is 1.92. The Morgan fingerprint density at radius 2 is 2.44 bits per heavy atom. The lowest BCUT2D eigenvalue weighted by atomic mass is 10.0. The van der Waals surface area contributed by atoms with Crippen molar-refractivity contribution in [3.05, 3.63) is 0 Å². The second-order valence-electron chi connectivity index (χ2n) is 2.47. The maximum absolute atomic E-state index is 8.82. The molecule has 3 heteroatoms. The van der Waals surface area contributed by atoms with Crippen molar-refractivity contribution in [1.29, 1.82) is 0 Å². The number of hydrogen-bond donors (Lipinski definition) is 1. The first kappa shape index (κ1) is 7.51. The Balaban J connectivity index is 2.37. The minimum Gasteiger partial charge on any atom is -0.395 e. The van der Waals surface area contributed by atoms with E-state index in [-0.39, 0.29) is 10.9 Å². The van der Waals surface area contributed by atoms with Crippen LogP contribution in [0.4, 0.5) is 0 Å². The van der Waals surface area contributed by atoms with E-state index < -0.39 is 0 Å². The van der Waals surface area contributed by atoms with Gasteiger partial charge in [-0.25, -0.2) is 0 Å². The number of ether oxygens (including phenoxy) is 1. The van der Waals surface area contributed by atoms with E-state index in [4.69, 9.17) is 9.84 Å². The Kier molecular flexibility index (Phi) is 2.50. The molecule has 1 N–H and O–H groups in total. The van der Waals surface area contributed by atoms with Gasteiger partial charge in [0.2, 0.25) is 0 Å². The minimum atomic E-state index is -0.134. The summed E-state index contributed by atoms with van der Waals surface area (Å²) in [6.07, 6.45) is 2.06. The largest absolute Gasteiger partial charge is 0.395 e. The first-order valence-electron chi connectivity index (χ1n) is 3.14. The van der Waals surface area contributed by atoms with E-state index in [0.717, 1.165) is 19.4 Å². The van der Waals surface area contributed by atoms with Gasteiger partial charge in [-0.3, -0.25) is 0 Å². The molecule has 0 aromatic carbocycles. The second-order valence-corrected chi connectivity index (χ2v) is 4.15. The standard InChI is InChI=1S/C6H11BrO2/c7-6(4-8)2-1-3-9-5-6/h8H,1-5H2. The summed E-state index contributed by atoms with van der Waals surface area (Å²) in [7, 11) is 0. The zero-order valence-corrected chi connectivity index (χ0v) is 6.85. The molecule has 0 radical (unpaired) electrons. The number of alkyl halides is 1. The van der Waals surface area contributed by atoms with Crippen molar-refractivity contribution in [2.45, 2.75) is 17.2 Å². The van der Waals surface area contributed by atoms with Crippen molar-refractivity contribution in [3.8, 4) is 0 Å². The van der Waals surface area contributed by atoms with Gasteiger partial charge in [-0.15, -0.1) is 0 Å². The first-order valence-corrected chi connectivity index (χ1v) is 3.94. The molecule has 0 saturated carbocycles. The van der Waals surface area contributed by atoms with Gasteiger partial charge in [-0.2, -0.15) is 0 Å². The Morgan fingerprint density at radius 1 is 1.67 bits per heavy atom. The van der Waals surface area contributed by atoms with Crippen molar-refractivity contribution in [1.82, 2.24) is 0 Å². The van der Waals surface area contributed by atoms with Crippen LogP contribution in [-0.4, -0.2) is 29.3 Å². The molecule has 0 bridgehead atoms. The summed E-state index contributed by atoms with van der Waals surface area (Å²) >= 11 is 3.42. The lowest BCUT2D eigenvalue weighted by molar-refractivity contribution is 0.0500. The SMILES string of the molecule is OCC1(Br)CCCOC1. The third-order valence-corrected chi connectivity index (χ3v) is 2.43. The van der Waals surface area contributed by atoms with Crippen LogP contribution in [0, 0.1) is 0 Å². The Bertz CT molecular complexity index is 89.1. The molecule has 1 rings (SSSR count). The molecule has 2 nitrogen and oxygen atoms in total. The summed E-state index contributed by atoms with van der Waals surface area (Å²) in [6.45, 7) is 1.66. The molecule has 1 fully saturated rings. The molecule has 0 spiro atoms. The van der Waals surface area contributed by atoms with E-state index in [1.807, 2.05) is 0 Å². The molecule has 1 saturated heterocycles. The van der Waals surface area contributed by atoms with E-state index in [9.17, 15) is 0 Å². The smallest absolute Gasteiger partial charge is 0.0721 e. The molecule has 54 valence electrons. The summed E-state index contributed by atoms with van der Waals surface area (Å²) in [4.78, 5) is 0. The van der Waals surface area contributed by atoms with E-state index in [2.05, 4.69) is 15.9 Å². The normalized spacial score (nSPS) is 36.7. The fourth-order valence-corrected chi connectivity index (χ4v) is 1.39. The van der Waals surface area contributed by atoms with Crippen LogP contribution in [0.3, 0.4) is 0 Å². The van der Waals surface area contributed by atoms with Gasteiger partial charge >= 0.3 is 0 Å². The van der Waals surface area contributed by atoms with Gasteiger partial charge in [0, 0.05) is 6.61 Å². The zero-order valence-electron chi connectivity index (χ0n) is 5.27. The highest BCUT2D eigenvalue weighted by atomic mass is 79.9. The highest BCUT2D eigenvalue weighted by Gasteiger charge is 2.28. The summed E-state index contributed by atoms with van der Waals surface area (Å²) in [5, 5.41) is 8.82. The van der Waals surface area contributed by atoms with Crippen LogP contribution in [0.2, 0.25) is 0 Å². The summed E-state index contributed by atoms with van der Waals surface area (Å²) < 4.78 is 5.04. The molecule has 0 aromatic heterocycles. The van der Waals surface area contributed by atoms with Crippen LogP contribution < -0.4 is 0 Å². The van der Waals surface area contributed by atoms with Crippen LogP contribution in [-0.2, 0) is 4.74 Å². The van der Waals surface area contributed by atoms with Gasteiger partial charge in [0.15, 0.2) is 0 Å². The van der Waals surface area contributed by atoms with Gasteiger partial charge in [-0.1, -0.05) is 15.9 Å². The van der Waals surface area contributed by atoms with E-state index in [1.54, 1.807) is 0 Å². The van der Waals surface area contributed by atoms with Crippen molar-refractivity contribution in [3.63, 3.8) is 0 Å². The number of rotatable bonds is 1. The van der Waals surface area contributed by atoms with Crippen LogP contribution in [0.25, 0.3) is 0 Å². The Labute approximate surface area is 63.3 Å². The van der Waals surface area contributed by atoms with E-state index in [1.165, 1.54) is 0 Å². The quantitative estimate of drug-likeness (QED) is 0.630. The Hall–Kier alpha value is 0.400. The van der Waals surface area contributed by atoms with Gasteiger partial charge in [0.05, 0.1) is 17.5 Å². The summed E-state index contributed by atoms with van der Waals surface area (Å²) in [6, 6.07) is 0. The van der Waals surface area contributed by atoms with Crippen molar-refractivity contribution in [2.75, 3.05) is 19.8 Å². The lowest BCUT2D eigenvalue weighted by Gasteiger charge is -2.28. The van der Waals surface area contributed by atoms with Gasteiger partial charge in [0.1, 0.15) is 0 Å². The van der Waals surface area contributed by atoms with Gasteiger partial charge < -0.3 is 9.84 Å². The molecule has 0 amide bonds. The third-order valence-electron chi connectivity index (χ3n) is 1.56.